The fourth-order valence-electron chi connectivity index (χ4n) is 3.04. The van der Waals surface area contributed by atoms with Crippen LogP contribution in [0.2, 0.25) is 0 Å². The van der Waals surface area contributed by atoms with Gasteiger partial charge < -0.3 is 15.2 Å². The Kier molecular flexibility index (Phi) is 5.23. The Hall–Kier alpha value is -1.06. The first kappa shape index (κ1) is 14.4. The van der Waals surface area contributed by atoms with Crippen molar-refractivity contribution in [3.63, 3.8) is 0 Å². The fraction of sp³-hybridized carbons (Fsp3) is 0.625. The van der Waals surface area contributed by atoms with Gasteiger partial charge in [-0.05, 0) is 31.7 Å². The van der Waals surface area contributed by atoms with Crippen LogP contribution >= 0.6 is 0 Å². The van der Waals surface area contributed by atoms with Crippen molar-refractivity contribution < 1.29 is 9.84 Å². The molecule has 3 heteroatoms. The molecule has 19 heavy (non-hydrogen) atoms. The maximum atomic E-state index is 9.52. The molecule has 2 rings (SSSR count). The van der Waals surface area contributed by atoms with Crippen LogP contribution in [0.5, 0.6) is 5.75 Å². The van der Waals surface area contributed by atoms with E-state index >= 15 is 0 Å². The summed E-state index contributed by atoms with van der Waals surface area (Å²) in [6.45, 7) is 2.44. The molecule has 2 N–H and O–H groups in total. The highest BCUT2D eigenvalue weighted by Gasteiger charge is 2.28. The van der Waals surface area contributed by atoms with Gasteiger partial charge in [0.25, 0.3) is 0 Å². The molecule has 1 aromatic rings. The molecule has 1 aromatic carbocycles. The van der Waals surface area contributed by atoms with E-state index in [1.54, 1.807) is 7.11 Å². The SMILES string of the molecule is COc1ccccc1C(NCC(C)O)C1CCCC1. The second-order valence-corrected chi connectivity index (χ2v) is 5.52. The van der Waals surface area contributed by atoms with Crippen LogP contribution in [-0.4, -0.2) is 24.9 Å². The van der Waals surface area contributed by atoms with Crippen LogP contribution in [-0.2, 0) is 0 Å². The van der Waals surface area contributed by atoms with Crippen molar-refractivity contribution in [2.24, 2.45) is 5.92 Å². The average Bonchev–Trinajstić information content (AvgIpc) is 2.93. The predicted octanol–water partition coefficient (Wildman–Crippen LogP) is 2.90. The number of rotatable bonds is 6. The molecule has 0 aliphatic heterocycles. The molecule has 3 nitrogen and oxygen atoms in total. The first-order valence-electron chi connectivity index (χ1n) is 7.26. The number of benzene rings is 1. The molecule has 0 amide bonds. The smallest absolute Gasteiger partial charge is 0.123 e. The Morgan fingerprint density at radius 1 is 1.32 bits per heavy atom. The molecule has 1 aliphatic carbocycles. The van der Waals surface area contributed by atoms with E-state index in [1.807, 2.05) is 19.1 Å². The summed E-state index contributed by atoms with van der Waals surface area (Å²) in [4.78, 5) is 0. The van der Waals surface area contributed by atoms with Crippen molar-refractivity contribution in [2.45, 2.75) is 44.8 Å². The van der Waals surface area contributed by atoms with E-state index in [0.717, 1.165) is 5.75 Å². The van der Waals surface area contributed by atoms with Crippen molar-refractivity contribution in [3.8, 4) is 5.75 Å². The molecule has 0 radical (unpaired) electrons. The third kappa shape index (κ3) is 3.71. The van der Waals surface area contributed by atoms with Crippen molar-refractivity contribution >= 4 is 0 Å². The van der Waals surface area contributed by atoms with Gasteiger partial charge in [0.05, 0.1) is 13.2 Å². The Bertz CT molecular complexity index is 386. The molecule has 2 unspecified atom stereocenters. The Balaban J connectivity index is 2.19. The number of aliphatic hydroxyl groups excluding tert-OH is 1. The highest BCUT2D eigenvalue weighted by Crippen LogP contribution is 2.38. The average molecular weight is 263 g/mol. The van der Waals surface area contributed by atoms with Crippen LogP contribution < -0.4 is 10.1 Å². The van der Waals surface area contributed by atoms with Crippen LogP contribution in [0.25, 0.3) is 0 Å². The van der Waals surface area contributed by atoms with Crippen molar-refractivity contribution in [2.75, 3.05) is 13.7 Å². The Morgan fingerprint density at radius 2 is 2.00 bits per heavy atom. The molecule has 2 atom stereocenters. The molecule has 1 saturated carbocycles. The maximum absolute atomic E-state index is 9.52. The van der Waals surface area contributed by atoms with Crippen molar-refractivity contribution in [1.29, 1.82) is 0 Å². The number of nitrogens with one attached hydrogen (secondary N) is 1. The number of aliphatic hydroxyl groups is 1. The van der Waals surface area contributed by atoms with Crippen LogP contribution in [0.1, 0.15) is 44.2 Å². The zero-order valence-electron chi connectivity index (χ0n) is 11.9. The van der Waals surface area contributed by atoms with Crippen molar-refractivity contribution in [3.05, 3.63) is 29.8 Å². The summed E-state index contributed by atoms with van der Waals surface area (Å²) >= 11 is 0. The normalized spacial score (nSPS) is 19.3. The standard InChI is InChI=1S/C16H25NO2/c1-12(18)11-17-16(13-7-3-4-8-13)14-9-5-6-10-15(14)19-2/h5-6,9-10,12-13,16-18H,3-4,7-8,11H2,1-2H3. The minimum Gasteiger partial charge on any atom is -0.496 e. The summed E-state index contributed by atoms with van der Waals surface area (Å²) in [5, 5.41) is 13.0. The van der Waals surface area contributed by atoms with Crippen LogP contribution in [0, 0.1) is 5.92 Å². The lowest BCUT2D eigenvalue weighted by Gasteiger charge is -2.27. The molecule has 0 aromatic heterocycles. The molecule has 1 aliphatic rings. The zero-order chi connectivity index (χ0) is 13.7. The Labute approximate surface area is 116 Å². The number of ether oxygens (including phenoxy) is 1. The van der Waals surface area contributed by atoms with E-state index in [0.29, 0.717) is 12.5 Å². The van der Waals surface area contributed by atoms with Gasteiger partial charge >= 0.3 is 0 Å². The second kappa shape index (κ2) is 6.92. The summed E-state index contributed by atoms with van der Waals surface area (Å²) in [5.74, 6) is 1.59. The first-order chi connectivity index (χ1) is 9.22. The lowest BCUT2D eigenvalue weighted by atomic mass is 9.91. The lowest BCUT2D eigenvalue weighted by molar-refractivity contribution is 0.179. The highest BCUT2D eigenvalue weighted by atomic mass is 16.5. The third-order valence-electron chi connectivity index (χ3n) is 3.98. The topological polar surface area (TPSA) is 41.5 Å². The molecule has 106 valence electrons. The quantitative estimate of drug-likeness (QED) is 0.829. The van der Waals surface area contributed by atoms with E-state index in [4.69, 9.17) is 4.74 Å². The van der Waals surface area contributed by atoms with Crippen LogP contribution in [0.3, 0.4) is 0 Å². The van der Waals surface area contributed by atoms with Gasteiger partial charge in [-0.25, -0.2) is 0 Å². The molecular formula is C16H25NO2. The van der Waals surface area contributed by atoms with Gasteiger partial charge in [-0.2, -0.15) is 0 Å². The summed E-state index contributed by atoms with van der Waals surface area (Å²) in [7, 11) is 1.72. The number of methoxy groups -OCH3 is 1. The molecule has 0 bridgehead atoms. The zero-order valence-corrected chi connectivity index (χ0v) is 11.9. The van der Waals surface area contributed by atoms with E-state index in [-0.39, 0.29) is 12.1 Å². The van der Waals surface area contributed by atoms with Crippen molar-refractivity contribution in [1.82, 2.24) is 5.32 Å². The van der Waals surface area contributed by atoms with E-state index in [1.165, 1.54) is 31.2 Å². The molecule has 0 spiro atoms. The first-order valence-corrected chi connectivity index (χ1v) is 7.26. The monoisotopic (exact) mass is 263 g/mol. The molecule has 1 fully saturated rings. The van der Waals surface area contributed by atoms with E-state index in [9.17, 15) is 5.11 Å². The van der Waals surface area contributed by atoms with Gasteiger partial charge in [-0.3, -0.25) is 0 Å². The van der Waals surface area contributed by atoms with E-state index < -0.39 is 0 Å². The lowest BCUT2D eigenvalue weighted by Crippen LogP contribution is -2.32. The largest absolute Gasteiger partial charge is 0.496 e. The van der Waals surface area contributed by atoms with Gasteiger partial charge in [0, 0.05) is 18.2 Å². The van der Waals surface area contributed by atoms with Gasteiger partial charge in [-0.15, -0.1) is 0 Å². The highest BCUT2D eigenvalue weighted by molar-refractivity contribution is 5.36. The minimum atomic E-state index is -0.321. The number of para-hydroxylation sites is 1. The summed E-state index contributed by atoms with van der Waals surface area (Å²) in [6.07, 6.45) is 4.82. The minimum absolute atomic E-state index is 0.285. The number of hydrogen-bond donors (Lipinski definition) is 2. The third-order valence-corrected chi connectivity index (χ3v) is 3.98. The van der Waals surface area contributed by atoms with Gasteiger partial charge in [-0.1, -0.05) is 31.0 Å². The second-order valence-electron chi connectivity index (χ2n) is 5.52. The Morgan fingerprint density at radius 3 is 2.63 bits per heavy atom. The van der Waals surface area contributed by atoms with Gasteiger partial charge in [0.2, 0.25) is 0 Å². The molecule has 0 heterocycles. The molecule has 0 saturated heterocycles. The predicted molar refractivity (Wildman–Crippen MR) is 77.4 cm³/mol. The van der Waals surface area contributed by atoms with Gasteiger partial charge in [0.1, 0.15) is 5.75 Å². The summed E-state index contributed by atoms with van der Waals surface area (Å²) in [6, 6.07) is 8.50. The fourth-order valence-corrected chi connectivity index (χ4v) is 3.04. The van der Waals surface area contributed by atoms with Crippen LogP contribution in [0.15, 0.2) is 24.3 Å². The molecular weight excluding hydrogens is 238 g/mol. The number of hydrogen-bond acceptors (Lipinski definition) is 3. The van der Waals surface area contributed by atoms with E-state index in [2.05, 4.69) is 17.4 Å². The van der Waals surface area contributed by atoms with Crippen LogP contribution in [0.4, 0.5) is 0 Å². The summed E-state index contributed by atoms with van der Waals surface area (Å²) in [5.41, 5.74) is 1.22. The maximum Gasteiger partial charge on any atom is 0.123 e. The van der Waals surface area contributed by atoms with Gasteiger partial charge in [0.15, 0.2) is 0 Å². The summed E-state index contributed by atoms with van der Waals surface area (Å²) < 4.78 is 5.49.